The first kappa shape index (κ1) is 17.9. The predicted molar refractivity (Wildman–Crippen MR) is 111 cm³/mol. The van der Waals surface area contributed by atoms with Crippen LogP contribution < -0.4 is 5.32 Å². The molecule has 3 heterocycles. The molecule has 8 heteroatoms. The molecular formula is C19H19N5OS2. The van der Waals surface area contributed by atoms with Crippen LogP contribution >= 0.6 is 23.1 Å². The molecule has 0 fully saturated rings. The summed E-state index contributed by atoms with van der Waals surface area (Å²) in [5.74, 6) is -0.101. The number of benzene rings is 1. The van der Waals surface area contributed by atoms with Gasteiger partial charge in [-0.05, 0) is 51.0 Å². The van der Waals surface area contributed by atoms with E-state index in [2.05, 4.69) is 57.8 Å². The molecule has 0 spiro atoms. The third-order valence-electron chi connectivity index (χ3n) is 4.41. The van der Waals surface area contributed by atoms with Crippen LogP contribution in [0.1, 0.15) is 23.6 Å². The van der Waals surface area contributed by atoms with Crippen LogP contribution in [-0.2, 0) is 4.79 Å². The number of carbonyl (C=O) groups excluding carboxylic acids is 1. The second kappa shape index (κ2) is 6.94. The maximum Gasteiger partial charge on any atom is 0.239 e. The number of fused-ring (bicyclic) bond motifs is 3. The summed E-state index contributed by atoms with van der Waals surface area (Å²) in [6.45, 7) is 8.15. The van der Waals surface area contributed by atoms with Gasteiger partial charge >= 0.3 is 0 Å². The Morgan fingerprint density at radius 2 is 2.00 bits per heavy atom. The highest BCUT2D eigenvalue weighted by Gasteiger charge is 2.20. The second-order valence-corrected chi connectivity index (χ2v) is 8.77. The van der Waals surface area contributed by atoms with Crippen LogP contribution in [0.25, 0.3) is 16.6 Å². The summed E-state index contributed by atoms with van der Waals surface area (Å²) < 4.78 is 2.05. The Balaban J connectivity index is 1.74. The zero-order valence-electron chi connectivity index (χ0n) is 15.5. The lowest BCUT2D eigenvalue weighted by atomic mass is 10.0. The summed E-state index contributed by atoms with van der Waals surface area (Å²) in [7, 11) is 0. The number of nitrogens with one attached hydrogen (secondary N) is 1. The van der Waals surface area contributed by atoms with Crippen molar-refractivity contribution in [3.05, 3.63) is 46.5 Å². The number of hydrogen-bond donors (Lipinski definition) is 1. The summed E-state index contributed by atoms with van der Waals surface area (Å²) in [6, 6.07) is 6.39. The number of carbonyl (C=O) groups is 1. The van der Waals surface area contributed by atoms with E-state index in [0.717, 1.165) is 11.2 Å². The normalized spacial score (nSPS) is 12.6. The van der Waals surface area contributed by atoms with E-state index in [-0.39, 0.29) is 11.2 Å². The van der Waals surface area contributed by atoms with Gasteiger partial charge in [-0.2, -0.15) is 0 Å². The molecular weight excluding hydrogens is 378 g/mol. The van der Waals surface area contributed by atoms with Crippen molar-refractivity contribution in [2.45, 2.75) is 38.1 Å². The lowest BCUT2D eigenvalue weighted by molar-refractivity contribution is -0.115. The van der Waals surface area contributed by atoms with Gasteiger partial charge in [-0.25, -0.2) is 4.98 Å². The number of thioether (sulfide) groups is 1. The van der Waals surface area contributed by atoms with Gasteiger partial charge in [0, 0.05) is 17.0 Å². The minimum absolute atomic E-state index is 0.101. The molecule has 0 saturated carbocycles. The maximum absolute atomic E-state index is 12.5. The molecule has 1 atom stereocenters. The number of thiazole rings is 1. The Morgan fingerprint density at radius 1 is 1.19 bits per heavy atom. The van der Waals surface area contributed by atoms with Crippen molar-refractivity contribution < 1.29 is 4.79 Å². The van der Waals surface area contributed by atoms with Crippen LogP contribution in [0.5, 0.6) is 0 Å². The van der Waals surface area contributed by atoms with E-state index in [1.807, 2.05) is 18.4 Å². The molecule has 0 aliphatic heterocycles. The van der Waals surface area contributed by atoms with Gasteiger partial charge in [0.1, 0.15) is 0 Å². The molecule has 0 aliphatic carbocycles. The molecule has 4 rings (SSSR count). The summed E-state index contributed by atoms with van der Waals surface area (Å²) in [5.41, 5.74) is 5.45. The van der Waals surface area contributed by atoms with E-state index in [1.165, 1.54) is 45.2 Å². The number of amides is 1. The highest BCUT2D eigenvalue weighted by molar-refractivity contribution is 8.00. The van der Waals surface area contributed by atoms with Crippen molar-refractivity contribution in [1.82, 2.24) is 19.6 Å². The van der Waals surface area contributed by atoms with Gasteiger partial charge in [-0.15, -0.1) is 21.5 Å². The number of anilines is 1. The Morgan fingerprint density at radius 3 is 2.74 bits per heavy atom. The SMILES string of the molecule is Cc1cc(C)c2c(c1)c(C)cc1nnc(SC(C)C(=O)Nc3nccs3)n12. The second-order valence-electron chi connectivity index (χ2n) is 6.57. The molecule has 1 aromatic carbocycles. The van der Waals surface area contributed by atoms with Gasteiger partial charge < -0.3 is 5.32 Å². The number of aryl methyl sites for hydroxylation is 3. The molecule has 1 unspecified atom stereocenters. The molecule has 1 amide bonds. The summed E-state index contributed by atoms with van der Waals surface area (Å²) >= 11 is 2.80. The number of aromatic nitrogens is 4. The molecule has 6 nitrogen and oxygen atoms in total. The Kier molecular flexibility index (Phi) is 4.61. The summed E-state index contributed by atoms with van der Waals surface area (Å²) in [6.07, 6.45) is 1.67. The van der Waals surface area contributed by atoms with Crippen LogP contribution in [0, 0.1) is 20.8 Å². The molecule has 27 heavy (non-hydrogen) atoms. The topological polar surface area (TPSA) is 72.2 Å². The molecule has 1 N–H and O–H groups in total. The fourth-order valence-corrected chi connectivity index (χ4v) is 4.59. The molecule has 3 aromatic heterocycles. The maximum atomic E-state index is 12.5. The fourth-order valence-electron chi connectivity index (χ4n) is 3.19. The van der Waals surface area contributed by atoms with Crippen LogP contribution in [-0.4, -0.2) is 30.7 Å². The first-order valence-electron chi connectivity index (χ1n) is 8.57. The number of nitrogens with zero attached hydrogens (tertiary/aromatic N) is 4. The van der Waals surface area contributed by atoms with Crippen molar-refractivity contribution in [1.29, 1.82) is 0 Å². The fraction of sp³-hybridized carbons (Fsp3) is 0.263. The zero-order valence-corrected chi connectivity index (χ0v) is 17.1. The van der Waals surface area contributed by atoms with E-state index in [1.54, 1.807) is 6.20 Å². The first-order chi connectivity index (χ1) is 12.9. The lowest BCUT2D eigenvalue weighted by Gasteiger charge is -2.13. The van der Waals surface area contributed by atoms with Crippen molar-refractivity contribution >= 4 is 50.7 Å². The third-order valence-corrected chi connectivity index (χ3v) is 6.14. The monoisotopic (exact) mass is 397 g/mol. The van der Waals surface area contributed by atoms with Crippen LogP contribution in [0.3, 0.4) is 0 Å². The zero-order chi connectivity index (χ0) is 19.1. The highest BCUT2D eigenvalue weighted by atomic mass is 32.2. The van der Waals surface area contributed by atoms with Gasteiger partial charge in [-0.1, -0.05) is 23.4 Å². The molecule has 0 bridgehead atoms. The quantitative estimate of drug-likeness (QED) is 0.517. The Bertz CT molecular complexity index is 1150. The summed E-state index contributed by atoms with van der Waals surface area (Å²) in [4.78, 5) is 16.6. The lowest BCUT2D eigenvalue weighted by Crippen LogP contribution is -2.22. The third kappa shape index (κ3) is 3.30. The smallest absolute Gasteiger partial charge is 0.239 e. The first-order valence-corrected chi connectivity index (χ1v) is 10.3. The van der Waals surface area contributed by atoms with Gasteiger partial charge in [0.15, 0.2) is 15.9 Å². The minimum Gasteiger partial charge on any atom is -0.301 e. The number of hydrogen-bond acceptors (Lipinski definition) is 6. The van der Waals surface area contributed by atoms with E-state index < -0.39 is 0 Å². The number of pyridine rings is 1. The molecule has 138 valence electrons. The Labute approximate surface area is 165 Å². The molecule has 0 radical (unpaired) electrons. The van der Waals surface area contributed by atoms with E-state index in [9.17, 15) is 4.79 Å². The largest absolute Gasteiger partial charge is 0.301 e. The minimum atomic E-state index is -0.330. The van der Waals surface area contributed by atoms with E-state index >= 15 is 0 Å². The van der Waals surface area contributed by atoms with Crippen molar-refractivity contribution in [2.75, 3.05) is 5.32 Å². The molecule has 0 aliphatic rings. The van der Waals surface area contributed by atoms with Gasteiger partial charge in [0.2, 0.25) is 5.91 Å². The van der Waals surface area contributed by atoms with Gasteiger partial charge in [0.25, 0.3) is 0 Å². The van der Waals surface area contributed by atoms with Crippen LogP contribution in [0.2, 0.25) is 0 Å². The average molecular weight is 398 g/mol. The van der Waals surface area contributed by atoms with Crippen molar-refractivity contribution in [2.24, 2.45) is 0 Å². The van der Waals surface area contributed by atoms with Gasteiger partial charge in [-0.3, -0.25) is 9.20 Å². The van der Waals surface area contributed by atoms with Crippen molar-refractivity contribution in [3.8, 4) is 0 Å². The molecule has 0 saturated heterocycles. The summed E-state index contributed by atoms with van der Waals surface area (Å²) in [5, 5.41) is 15.5. The highest BCUT2D eigenvalue weighted by Crippen LogP contribution is 2.30. The van der Waals surface area contributed by atoms with E-state index in [4.69, 9.17) is 0 Å². The Hall–Kier alpha value is -2.45. The van der Waals surface area contributed by atoms with Crippen molar-refractivity contribution in [3.63, 3.8) is 0 Å². The number of rotatable bonds is 4. The van der Waals surface area contributed by atoms with Crippen LogP contribution in [0.15, 0.2) is 34.9 Å². The standard InChI is InChI=1S/C19H19N5OS2/c1-10-7-12(3)16-14(8-10)11(2)9-15-22-23-19(24(15)16)27-13(4)17(25)21-18-20-5-6-26-18/h5-9,13H,1-4H3,(H,20,21,25). The predicted octanol–water partition coefficient (Wildman–Crippen LogP) is 4.38. The van der Waals surface area contributed by atoms with Crippen LogP contribution in [0.4, 0.5) is 5.13 Å². The average Bonchev–Trinajstić information content (AvgIpc) is 3.25. The van der Waals surface area contributed by atoms with E-state index in [0.29, 0.717) is 10.3 Å². The molecule has 4 aromatic rings. The van der Waals surface area contributed by atoms with Gasteiger partial charge in [0.05, 0.1) is 10.8 Å².